The number of aliphatic hydroxyl groups is 1. The second-order valence-corrected chi connectivity index (χ2v) is 6.93. The Morgan fingerprint density at radius 3 is 2.59 bits per heavy atom. The molecule has 0 aromatic carbocycles. The Balaban J connectivity index is 2.08. The van der Waals surface area contributed by atoms with Gasteiger partial charge in [-0.25, -0.2) is 0 Å². The van der Waals surface area contributed by atoms with E-state index < -0.39 is 5.60 Å². The number of ether oxygens (including phenoxy) is 1. The highest BCUT2D eigenvalue weighted by atomic mass is 16.5. The standard InChI is InChI=1S/C15H26O2/c1-6-14(4,16)9-7-11-13(2,3)12-8-10-15(11,5)17-12/h6,11-12,16H,1,7-10H2,2-5H3/t11-,12-,14?,15+/m0/s1. The summed E-state index contributed by atoms with van der Waals surface area (Å²) in [5.41, 5.74) is -0.468. The van der Waals surface area contributed by atoms with E-state index in [1.165, 1.54) is 12.8 Å². The van der Waals surface area contributed by atoms with Gasteiger partial charge in [0.25, 0.3) is 0 Å². The van der Waals surface area contributed by atoms with Gasteiger partial charge in [-0.2, -0.15) is 0 Å². The zero-order valence-electron chi connectivity index (χ0n) is 11.6. The van der Waals surface area contributed by atoms with E-state index in [4.69, 9.17) is 4.74 Å². The molecule has 2 fully saturated rings. The molecule has 4 atom stereocenters. The predicted molar refractivity (Wildman–Crippen MR) is 69.8 cm³/mol. The topological polar surface area (TPSA) is 29.5 Å². The van der Waals surface area contributed by atoms with Crippen molar-refractivity contribution in [2.75, 3.05) is 0 Å². The normalized spacial score (nSPS) is 42.4. The van der Waals surface area contributed by atoms with Crippen LogP contribution >= 0.6 is 0 Å². The molecule has 2 saturated heterocycles. The van der Waals surface area contributed by atoms with Gasteiger partial charge in [0, 0.05) is 0 Å². The van der Waals surface area contributed by atoms with E-state index in [2.05, 4.69) is 27.4 Å². The van der Waals surface area contributed by atoms with Crippen LogP contribution in [-0.4, -0.2) is 22.4 Å². The largest absolute Gasteiger partial charge is 0.386 e. The van der Waals surface area contributed by atoms with Crippen molar-refractivity contribution >= 4 is 0 Å². The van der Waals surface area contributed by atoms with Crippen LogP contribution in [0.4, 0.5) is 0 Å². The Bertz CT molecular complexity index is 314. The summed E-state index contributed by atoms with van der Waals surface area (Å²) in [7, 11) is 0. The molecule has 2 heteroatoms. The number of hydrogen-bond acceptors (Lipinski definition) is 2. The molecule has 0 aromatic rings. The average Bonchev–Trinajstić information content (AvgIpc) is 2.68. The van der Waals surface area contributed by atoms with Gasteiger partial charge in [0.05, 0.1) is 17.3 Å². The van der Waals surface area contributed by atoms with Crippen LogP contribution in [0.2, 0.25) is 0 Å². The molecular formula is C15H26O2. The molecule has 2 bridgehead atoms. The Morgan fingerprint density at radius 1 is 1.47 bits per heavy atom. The predicted octanol–water partition coefficient (Wildman–Crippen LogP) is 3.30. The van der Waals surface area contributed by atoms with E-state index in [1.54, 1.807) is 6.08 Å². The molecule has 0 amide bonds. The fourth-order valence-electron chi connectivity index (χ4n) is 3.87. The second kappa shape index (κ2) is 3.83. The maximum atomic E-state index is 10.0. The summed E-state index contributed by atoms with van der Waals surface area (Å²) in [5, 5.41) is 10.0. The van der Waals surface area contributed by atoms with Gasteiger partial charge in [-0.1, -0.05) is 19.9 Å². The van der Waals surface area contributed by atoms with E-state index in [0.717, 1.165) is 12.8 Å². The zero-order chi connectivity index (χ0) is 12.9. The molecule has 0 saturated carbocycles. The lowest BCUT2D eigenvalue weighted by Gasteiger charge is -2.40. The minimum absolute atomic E-state index is 0.0332. The monoisotopic (exact) mass is 238 g/mol. The molecule has 2 nitrogen and oxygen atoms in total. The lowest BCUT2D eigenvalue weighted by molar-refractivity contribution is -0.000250. The third-order valence-electron chi connectivity index (χ3n) is 5.16. The first kappa shape index (κ1) is 13.1. The Labute approximate surface area is 105 Å². The van der Waals surface area contributed by atoms with Gasteiger partial charge in [-0.05, 0) is 50.9 Å². The van der Waals surface area contributed by atoms with Crippen LogP contribution in [0.25, 0.3) is 0 Å². The van der Waals surface area contributed by atoms with Crippen LogP contribution in [0.3, 0.4) is 0 Å². The van der Waals surface area contributed by atoms with Crippen molar-refractivity contribution in [3.05, 3.63) is 12.7 Å². The lowest BCUT2D eigenvalue weighted by atomic mass is 9.62. The summed E-state index contributed by atoms with van der Waals surface area (Å²) < 4.78 is 6.18. The molecular weight excluding hydrogens is 212 g/mol. The van der Waals surface area contributed by atoms with Crippen molar-refractivity contribution in [2.45, 2.75) is 70.7 Å². The number of fused-ring (bicyclic) bond motifs is 2. The van der Waals surface area contributed by atoms with Crippen LogP contribution in [0, 0.1) is 11.3 Å². The van der Waals surface area contributed by atoms with Gasteiger partial charge in [0.1, 0.15) is 0 Å². The molecule has 2 heterocycles. The summed E-state index contributed by atoms with van der Waals surface area (Å²) in [6.45, 7) is 12.4. The summed E-state index contributed by atoms with van der Waals surface area (Å²) in [5.74, 6) is 0.542. The summed E-state index contributed by atoms with van der Waals surface area (Å²) >= 11 is 0. The van der Waals surface area contributed by atoms with E-state index in [0.29, 0.717) is 12.0 Å². The SMILES string of the molecule is C=CC(C)(O)CC[C@H]1C(C)(C)[C@@H]2CC[C@@]1(C)O2. The molecule has 0 aromatic heterocycles. The Morgan fingerprint density at radius 2 is 2.12 bits per heavy atom. The molecule has 1 N–H and O–H groups in total. The molecule has 2 aliphatic rings. The zero-order valence-corrected chi connectivity index (χ0v) is 11.6. The first-order chi connectivity index (χ1) is 7.71. The second-order valence-electron chi connectivity index (χ2n) is 6.93. The number of hydrogen-bond donors (Lipinski definition) is 1. The molecule has 0 aliphatic carbocycles. The third-order valence-corrected chi connectivity index (χ3v) is 5.16. The fraction of sp³-hybridized carbons (Fsp3) is 0.867. The fourth-order valence-corrected chi connectivity index (χ4v) is 3.87. The van der Waals surface area contributed by atoms with Crippen molar-refractivity contribution < 1.29 is 9.84 Å². The highest BCUT2D eigenvalue weighted by Gasteiger charge is 2.60. The van der Waals surface area contributed by atoms with Crippen LogP contribution in [0.5, 0.6) is 0 Å². The highest BCUT2D eigenvalue weighted by Crippen LogP contribution is 2.59. The Kier molecular flexibility index (Phi) is 2.95. The van der Waals surface area contributed by atoms with E-state index in [1.807, 2.05) is 6.92 Å². The van der Waals surface area contributed by atoms with Gasteiger partial charge >= 0.3 is 0 Å². The van der Waals surface area contributed by atoms with Crippen molar-refractivity contribution in [1.82, 2.24) is 0 Å². The third kappa shape index (κ3) is 2.06. The van der Waals surface area contributed by atoms with Gasteiger partial charge in [0.15, 0.2) is 0 Å². The van der Waals surface area contributed by atoms with Gasteiger partial charge in [0.2, 0.25) is 0 Å². The highest BCUT2D eigenvalue weighted by molar-refractivity contribution is 5.09. The molecule has 2 aliphatic heterocycles. The van der Waals surface area contributed by atoms with Crippen LogP contribution in [0.1, 0.15) is 53.4 Å². The molecule has 1 unspecified atom stereocenters. The molecule has 17 heavy (non-hydrogen) atoms. The van der Waals surface area contributed by atoms with Gasteiger partial charge in [-0.15, -0.1) is 6.58 Å². The first-order valence-electron chi connectivity index (χ1n) is 6.75. The van der Waals surface area contributed by atoms with Gasteiger partial charge in [-0.3, -0.25) is 0 Å². The van der Waals surface area contributed by atoms with E-state index >= 15 is 0 Å². The molecule has 98 valence electrons. The summed E-state index contributed by atoms with van der Waals surface area (Å²) in [4.78, 5) is 0. The van der Waals surface area contributed by atoms with Gasteiger partial charge < -0.3 is 9.84 Å². The van der Waals surface area contributed by atoms with E-state index in [9.17, 15) is 5.11 Å². The maximum absolute atomic E-state index is 10.0. The van der Waals surface area contributed by atoms with E-state index in [-0.39, 0.29) is 11.0 Å². The molecule has 2 rings (SSSR count). The molecule has 0 radical (unpaired) electrons. The minimum Gasteiger partial charge on any atom is -0.386 e. The average molecular weight is 238 g/mol. The van der Waals surface area contributed by atoms with Crippen molar-refractivity contribution in [2.24, 2.45) is 11.3 Å². The maximum Gasteiger partial charge on any atom is 0.0797 e. The van der Waals surface area contributed by atoms with Crippen LogP contribution < -0.4 is 0 Å². The molecule has 0 spiro atoms. The Hall–Kier alpha value is -0.340. The van der Waals surface area contributed by atoms with Crippen LogP contribution in [0.15, 0.2) is 12.7 Å². The van der Waals surface area contributed by atoms with Crippen molar-refractivity contribution in [3.63, 3.8) is 0 Å². The number of rotatable bonds is 4. The van der Waals surface area contributed by atoms with Crippen molar-refractivity contribution in [1.29, 1.82) is 0 Å². The van der Waals surface area contributed by atoms with Crippen LogP contribution in [-0.2, 0) is 4.74 Å². The quantitative estimate of drug-likeness (QED) is 0.761. The minimum atomic E-state index is -0.742. The smallest absolute Gasteiger partial charge is 0.0797 e. The summed E-state index contributed by atoms with van der Waals surface area (Å²) in [6.07, 6.45) is 6.21. The summed E-state index contributed by atoms with van der Waals surface area (Å²) in [6, 6.07) is 0. The van der Waals surface area contributed by atoms with Crippen molar-refractivity contribution in [3.8, 4) is 0 Å². The first-order valence-corrected chi connectivity index (χ1v) is 6.75. The lowest BCUT2D eigenvalue weighted by Crippen LogP contribution is -2.41.